The molecule has 4 rings (SSSR count). The summed E-state index contributed by atoms with van der Waals surface area (Å²) in [5.74, 6) is -0.191. The molecule has 5 nitrogen and oxygen atoms in total. The lowest BCUT2D eigenvalue weighted by molar-refractivity contribution is 0.168. The topological polar surface area (TPSA) is 50.4 Å². The fraction of sp³-hybridized carbons (Fsp3) is 0.409. The van der Waals surface area contributed by atoms with E-state index in [2.05, 4.69) is 4.90 Å². The lowest BCUT2D eigenvalue weighted by Crippen LogP contribution is -2.38. The molecule has 0 aliphatic carbocycles. The molecule has 1 saturated heterocycles. The predicted molar refractivity (Wildman–Crippen MR) is 118 cm³/mol. The lowest BCUT2D eigenvalue weighted by atomic mass is 10.0. The molecular formula is C22H24Cl2FN3O2. The van der Waals surface area contributed by atoms with Crippen LogP contribution in [0.15, 0.2) is 41.2 Å². The maximum absolute atomic E-state index is 14.0. The SMILES string of the molecule is CC(O)Cn1c(=O)n(C2CCN(Cc3ccccc3F)CC2)c2cc(Cl)c(Cl)cc21. The Labute approximate surface area is 184 Å². The first kappa shape index (κ1) is 21.4. The molecule has 0 amide bonds. The number of piperidine rings is 1. The first-order valence-electron chi connectivity index (χ1n) is 10.1. The van der Waals surface area contributed by atoms with E-state index in [0.717, 1.165) is 31.4 Å². The van der Waals surface area contributed by atoms with Crippen LogP contribution in [0.2, 0.25) is 10.0 Å². The zero-order chi connectivity index (χ0) is 21.4. The summed E-state index contributed by atoms with van der Waals surface area (Å²) >= 11 is 12.4. The van der Waals surface area contributed by atoms with Gasteiger partial charge in [0.15, 0.2) is 0 Å². The second-order valence-corrected chi connectivity index (χ2v) is 8.78. The van der Waals surface area contributed by atoms with E-state index < -0.39 is 6.10 Å². The number of rotatable bonds is 5. The van der Waals surface area contributed by atoms with E-state index in [9.17, 15) is 14.3 Å². The lowest BCUT2D eigenvalue weighted by Gasteiger charge is -2.32. The number of aromatic nitrogens is 2. The van der Waals surface area contributed by atoms with Gasteiger partial charge in [-0.05, 0) is 38.0 Å². The van der Waals surface area contributed by atoms with Crippen LogP contribution in [0.1, 0.15) is 31.4 Å². The second kappa shape index (κ2) is 8.71. The van der Waals surface area contributed by atoms with Gasteiger partial charge in [-0.1, -0.05) is 41.4 Å². The molecule has 3 aromatic rings. The molecule has 1 aromatic heterocycles. The van der Waals surface area contributed by atoms with Crippen LogP contribution >= 0.6 is 23.2 Å². The van der Waals surface area contributed by atoms with Crippen molar-refractivity contribution in [3.63, 3.8) is 0 Å². The van der Waals surface area contributed by atoms with Crippen molar-refractivity contribution in [3.05, 3.63) is 68.3 Å². The van der Waals surface area contributed by atoms with Crippen molar-refractivity contribution in [2.24, 2.45) is 0 Å². The van der Waals surface area contributed by atoms with Gasteiger partial charge in [0.2, 0.25) is 0 Å². The minimum absolute atomic E-state index is 0.00404. The number of hydrogen-bond donors (Lipinski definition) is 1. The van der Waals surface area contributed by atoms with E-state index in [1.54, 1.807) is 40.3 Å². The molecule has 0 spiro atoms. The van der Waals surface area contributed by atoms with Crippen molar-refractivity contribution < 1.29 is 9.50 Å². The van der Waals surface area contributed by atoms with Crippen molar-refractivity contribution in [1.29, 1.82) is 0 Å². The van der Waals surface area contributed by atoms with Crippen LogP contribution in [0.25, 0.3) is 11.0 Å². The summed E-state index contributed by atoms with van der Waals surface area (Å²) in [6, 6.07) is 10.2. The molecule has 8 heteroatoms. The number of imidazole rings is 1. The van der Waals surface area contributed by atoms with E-state index in [4.69, 9.17) is 23.2 Å². The fourth-order valence-electron chi connectivity index (χ4n) is 4.27. The van der Waals surface area contributed by atoms with Gasteiger partial charge in [-0.25, -0.2) is 9.18 Å². The van der Waals surface area contributed by atoms with Gasteiger partial charge >= 0.3 is 5.69 Å². The number of aliphatic hydroxyl groups excluding tert-OH is 1. The quantitative estimate of drug-likeness (QED) is 0.622. The molecule has 1 N–H and O–H groups in total. The summed E-state index contributed by atoms with van der Waals surface area (Å²) in [7, 11) is 0. The largest absolute Gasteiger partial charge is 0.392 e. The Morgan fingerprint density at radius 3 is 2.40 bits per heavy atom. The molecule has 1 unspecified atom stereocenters. The van der Waals surface area contributed by atoms with Gasteiger partial charge in [0, 0.05) is 31.2 Å². The Hall–Kier alpha value is -1.86. The van der Waals surface area contributed by atoms with Gasteiger partial charge in [-0.3, -0.25) is 14.0 Å². The van der Waals surface area contributed by atoms with Gasteiger partial charge < -0.3 is 5.11 Å². The molecule has 1 atom stereocenters. The van der Waals surface area contributed by atoms with E-state index >= 15 is 0 Å². The smallest absolute Gasteiger partial charge is 0.329 e. The second-order valence-electron chi connectivity index (χ2n) is 7.97. The highest BCUT2D eigenvalue weighted by atomic mass is 35.5. The first-order valence-corrected chi connectivity index (χ1v) is 10.8. The van der Waals surface area contributed by atoms with Crippen LogP contribution in [0.5, 0.6) is 0 Å². The molecule has 0 saturated carbocycles. The zero-order valence-corrected chi connectivity index (χ0v) is 18.2. The van der Waals surface area contributed by atoms with Crippen molar-refractivity contribution in [2.75, 3.05) is 13.1 Å². The monoisotopic (exact) mass is 451 g/mol. The van der Waals surface area contributed by atoms with E-state index in [1.807, 2.05) is 6.07 Å². The third-order valence-corrected chi connectivity index (χ3v) is 6.45. The van der Waals surface area contributed by atoms with Crippen molar-refractivity contribution in [3.8, 4) is 0 Å². The molecule has 1 aliphatic rings. The molecule has 0 bridgehead atoms. The van der Waals surface area contributed by atoms with Crippen LogP contribution in [0.4, 0.5) is 4.39 Å². The van der Waals surface area contributed by atoms with Crippen LogP contribution in [0, 0.1) is 5.82 Å². The van der Waals surface area contributed by atoms with Crippen LogP contribution < -0.4 is 5.69 Å². The van der Waals surface area contributed by atoms with Crippen LogP contribution in [0.3, 0.4) is 0 Å². The number of aliphatic hydroxyl groups is 1. The van der Waals surface area contributed by atoms with Gasteiger partial charge in [0.1, 0.15) is 5.82 Å². The maximum Gasteiger partial charge on any atom is 0.329 e. The number of nitrogens with zero attached hydrogens (tertiary/aromatic N) is 3. The fourth-order valence-corrected chi connectivity index (χ4v) is 4.58. The highest BCUT2D eigenvalue weighted by Gasteiger charge is 2.26. The molecule has 1 aliphatic heterocycles. The summed E-state index contributed by atoms with van der Waals surface area (Å²) in [5.41, 5.74) is 1.91. The average molecular weight is 452 g/mol. The Morgan fingerprint density at radius 2 is 1.77 bits per heavy atom. The van der Waals surface area contributed by atoms with Crippen molar-refractivity contribution in [2.45, 2.75) is 45.0 Å². The molecule has 2 heterocycles. The first-order chi connectivity index (χ1) is 14.3. The van der Waals surface area contributed by atoms with Crippen molar-refractivity contribution in [1.82, 2.24) is 14.0 Å². The van der Waals surface area contributed by atoms with E-state index in [0.29, 0.717) is 27.7 Å². The summed E-state index contributed by atoms with van der Waals surface area (Å²) in [4.78, 5) is 15.4. The number of benzene rings is 2. The molecular weight excluding hydrogens is 428 g/mol. The molecule has 1 fully saturated rings. The summed E-state index contributed by atoms with van der Waals surface area (Å²) in [5, 5.41) is 10.6. The summed E-state index contributed by atoms with van der Waals surface area (Å²) in [6.07, 6.45) is 0.865. The molecule has 30 heavy (non-hydrogen) atoms. The van der Waals surface area contributed by atoms with Gasteiger partial charge in [-0.15, -0.1) is 0 Å². The third-order valence-electron chi connectivity index (χ3n) is 5.73. The minimum Gasteiger partial charge on any atom is -0.392 e. The molecule has 0 radical (unpaired) electrons. The minimum atomic E-state index is -0.668. The average Bonchev–Trinajstić information content (AvgIpc) is 2.95. The highest BCUT2D eigenvalue weighted by Crippen LogP contribution is 2.32. The number of likely N-dealkylation sites (tertiary alicyclic amines) is 1. The maximum atomic E-state index is 14.0. The normalized spacial score (nSPS) is 17.0. The number of hydrogen-bond acceptors (Lipinski definition) is 3. The van der Waals surface area contributed by atoms with Crippen LogP contribution in [-0.2, 0) is 13.1 Å². The summed E-state index contributed by atoms with van der Waals surface area (Å²) in [6.45, 7) is 3.91. The Bertz CT molecular complexity index is 1120. The van der Waals surface area contributed by atoms with Gasteiger partial charge in [0.25, 0.3) is 0 Å². The highest BCUT2D eigenvalue weighted by molar-refractivity contribution is 6.42. The Morgan fingerprint density at radius 1 is 1.13 bits per heavy atom. The third kappa shape index (κ3) is 4.14. The van der Waals surface area contributed by atoms with E-state index in [-0.39, 0.29) is 24.1 Å². The van der Waals surface area contributed by atoms with Gasteiger partial charge in [0.05, 0.1) is 33.7 Å². The summed E-state index contributed by atoms with van der Waals surface area (Å²) < 4.78 is 17.3. The molecule has 2 aromatic carbocycles. The van der Waals surface area contributed by atoms with E-state index in [1.165, 1.54) is 6.07 Å². The Kier molecular flexibility index (Phi) is 6.21. The van der Waals surface area contributed by atoms with Crippen molar-refractivity contribution >= 4 is 34.2 Å². The standard InChI is InChI=1S/C22H24Cl2FN3O2/c1-14(29)12-27-20-10-17(23)18(24)11-21(20)28(22(27)30)16-6-8-26(9-7-16)13-15-4-2-3-5-19(15)25/h2-5,10-11,14,16,29H,6-9,12-13H2,1H3. The predicted octanol–water partition coefficient (Wildman–Crippen LogP) is 4.47. The molecule has 160 valence electrons. The number of halogens is 3. The number of fused-ring (bicyclic) bond motifs is 1. The van der Waals surface area contributed by atoms with Gasteiger partial charge in [-0.2, -0.15) is 0 Å². The zero-order valence-electron chi connectivity index (χ0n) is 16.7. The van der Waals surface area contributed by atoms with Crippen LogP contribution in [-0.4, -0.2) is 38.3 Å². The Balaban J connectivity index is 1.61.